The van der Waals surface area contributed by atoms with Crippen molar-refractivity contribution in [2.45, 2.75) is 18.7 Å². The SMILES string of the molecule is FC(F)(F)c1ccc(OC(Oc2ccccc2)[C@H]2NC=CO2)cc1. The average Bonchev–Trinajstić information content (AvgIpc) is 3.09. The molecule has 3 rings (SSSR count). The fraction of sp³-hybridized carbons (Fsp3) is 0.176. The summed E-state index contributed by atoms with van der Waals surface area (Å²) < 4.78 is 54.5. The summed E-state index contributed by atoms with van der Waals surface area (Å²) in [5.74, 6) is 0.785. The molecular formula is C17H14F3NO3. The maximum absolute atomic E-state index is 12.6. The normalized spacial score (nSPS) is 17.7. The molecule has 1 aliphatic rings. The Morgan fingerprint density at radius 3 is 2.08 bits per heavy atom. The van der Waals surface area contributed by atoms with E-state index in [1.54, 1.807) is 30.5 Å². The van der Waals surface area contributed by atoms with Crippen molar-refractivity contribution in [2.75, 3.05) is 0 Å². The Balaban J connectivity index is 1.74. The Labute approximate surface area is 136 Å². The van der Waals surface area contributed by atoms with E-state index in [1.165, 1.54) is 18.4 Å². The van der Waals surface area contributed by atoms with Crippen molar-refractivity contribution in [2.24, 2.45) is 0 Å². The smallest absolute Gasteiger partial charge is 0.416 e. The molecule has 2 aromatic carbocycles. The van der Waals surface area contributed by atoms with E-state index in [1.807, 2.05) is 6.07 Å². The van der Waals surface area contributed by atoms with E-state index in [-0.39, 0.29) is 5.75 Å². The van der Waals surface area contributed by atoms with Crippen LogP contribution in [0.5, 0.6) is 11.5 Å². The second-order valence-electron chi connectivity index (χ2n) is 4.97. The van der Waals surface area contributed by atoms with Crippen LogP contribution < -0.4 is 14.8 Å². The number of hydrogen-bond acceptors (Lipinski definition) is 4. The van der Waals surface area contributed by atoms with Crippen LogP contribution in [0.25, 0.3) is 0 Å². The van der Waals surface area contributed by atoms with Crippen LogP contribution >= 0.6 is 0 Å². The Morgan fingerprint density at radius 2 is 1.54 bits per heavy atom. The summed E-state index contributed by atoms with van der Waals surface area (Å²) in [6.07, 6.45) is -2.87. The van der Waals surface area contributed by atoms with Gasteiger partial charge in [0.25, 0.3) is 6.29 Å². The van der Waals surface area contributed by atoms with E-state index in [0.717, 1.165) is 12.1 Å². The molecule has 126 valence electrons. The van der Waals surface area contributed by atoms with Gasteiger partial charge in [0.2, 0.25) is 6.23 Å². The first kappa shape index (κ1) is 16.0. The third-order valence-electron chi connectivity index (χ3n) is 3.23. The Morgan fingerprint density at radius 1 is 0.917 bits per heavy atom. The highest BCUT2D eigenvalue weighted by molar-refractivity contribution is 5.29. The lowest BCUT2D eigenvalue weighted by Gasteiger charge is -2.25. The van der Waals surface area contributed by atoms with Crippen LogP contribution in [-0.4, -0.2) is 12.5 Å². The standard InChI is InChI=1S/C17H14F3NO3/c18-17(19,20)12-6-8-14(9-7-12)24-16(15-21-10-11-22-15)23-13-4-2-1-3-5-13/h1-11,15-16,21H/t15-,16?/m0/s1. The summed E-state index contributed by atoms with van der Waals surface area (Å²) in [7, 11) is 0. The number of para-hydroxylation sites is 1. The van der Waals surface area contributed by atoms with Crippen LogP contribution in [0, 0.1) is 0 Å². The molecule has 0 saturated heterocycles. The molecule has 2 aromatic rings. The van der Waals surface area contributed by atoms with Crippen molar-refractivity contribution < 1.29 is 27.4 Å². The fourth-order valence-corrected chi connectivity index (χ4v) is 2.08. The molecule has 0 spiro atoms. The van der Waals surface area contributed by atoms with Gasteiger partial charge in [0.15, 0.2) is 0 Å². The average molecular weight is 337 g/mol. The molecule has 1 unspecified atom stereocenters. The predicted molar refractivity (Wildman–Crippen MR) is 80.1 cm³/mol. The maximum atomic E-state index is 12.6. The Bertz CT molecular complexity index is 678. The summed E-state index contributed by atoms with van der Waals surface area (Å²) in [4.78, 5) is 0. The minimum Gasteiger partial charge on any atom is -0.469 e. The number of benzene rings is 2. The van der Waals surface area contributed by atoms with E-state index in [9.17, 15) is 13.2 Å². The van der Waals surface area contributed by atoms with E-state index < -0.39 is 24.3 Å². The third kappa shape index (κ3) is 3.92. The van der Waals surface area contributed by atoms with Gasteiger partial charge in [0, 0.05) is 6.20 Å². The monoisotopic (exact) mass is 337 g/mol. The number of alkyl halides is 3. The molecular weight excluding hydrogens is 323 g/mol. The molecule has 0 amide bonds. The molecule has 0 fully saturated rings. The van der Waals surface area contributed by atoms with Gasteiger partial charge < -0.3 is 19.5 Å². The van der Waals surface area contributed by atoms with Gasteiger partial charge in [-0.3, -0.25) is 0 Å². The second-order valence-corrected chi connectivity index (χ2v) is 4.97. The summed E-state index contributed by atoms with van der Waals surface area (Å²) in [6, 6.07) is 13.3. The van der Waals surface area contributed by atoms with Gasteiger partial charge >= 0.3 is 6.18 Å². The zero-order valence-electron chi connectivity index (χ0n) is 12.4. The Hall–Kier alpha value is -2.83. The van der Waals surface area contributed by atoms with Gasteiger partial charge in [-0.25, -0.2) is 0 Å². The second kappa shape index (κ2) is 6.74. The number of hydrogen-bond donors (Lipinski definition) is 1. The van der Waals surface area contributed by atoms with E-state index in [0.29, 0.717) is 5.75 Å². The van der Waals surface area contributed by atoms with E-state index in [4.69, 9.17) is 14.2 Å². The highest BCUT2D eigenvalue weighted by Gasteiger charge is 2.31. The molecule has 1 N–H and O–H groups in total. The lowest BCUT2D eigenvalue weighted by atomic mass is 10.2. The fourth-order valence-electron chi connectivity index (χ4n) is 2.08. The molecule has 4 nitrogen and oxygen atoms in total. The van der Waals surface area contributed by atoms with Crippen LogP contribution in [0.2, 0.25) is 0 Å². The van der Waals surface area contributed by atoms with Crippen LogP contribution in [0.3, 0.4) is 0 Å². The molecule has 1 aliphatic heterocycles. The van der Waals surface area contributed by atoms with Gasteiger partial charge in [-0.1, -0.05) is 18.2 Å². The van der Waals surface area contributed by atoms with Crippen LogP contribution in [0.1, 0.15) is 5.56 Å². The van der Waals surface area contributed by atoms with Gasteiger partial charge in [-0.05, 0) is 36.4 Å². The van der Waals surface area contributed by atoms with E-state index in [2.05, 4.69) is 5.32 Å². The van der Waals surface area contributed by atoms with Crippen molar-refractivity contribution in [3.63, 3.8) is 0 Å². The number of halogens is 3. The molecule has 7 heteroatoms. The highest BCUT2D eigenvalue weighted by Crippen LogP contribution is 2.30. The molecule has 0 bridgehead atoms. The molecule has 2 atom stereocenters. The van der Waals surface area contributed by atoms with Crippen molar-refractivity contribution in [3.05, 3.63) is 72.6 Å². The predicted octanol–water partition coefficient (Wildman–Crippen LogP) is 3.91. The molecule has 0 aromatic heterocycles. The highest BCUT2D eigenvalue weighted by atomic mass is 19.4. The summed E-state index contributed by atoms with van der Waals surface area (Å²) in [5, 5.41) is 2.90. The lowest BCUT2D eigenvalue weighted by Crippen LogP contribution is -2.43. The van der Waals surface area contributed by atoms with Crippen molar-refractivity contribution in [1.82, 2.24) is 5.32 Å². The van der Waals surface area contributed by atoms with Crippen LogP contribution in [0.15, 0.2) is 67.1 Å². The zero-order chi connectivity index (χ0) is 17.0. The van der Waals surface area contributed by atoms with Crippen LogP contribution in [0.4, 0.5) is 13.2 Å². The van der Waals surface area contributed by atoms with Crippen molar-refractivity contribution in [1.29, 1.82) is 0 Å². The molecule has 24 heavy (non-hydrogen) atoms. The maximum Gasteiger partial charge on any atom is 0.416 e. The number of ether oxygens (including phenoxy) is 3. The van der Waals surface area contributed by atoms with Gasteiger partial charge in [0.05, 0.1) is 5.56 Å². The summed E-state index contributed by atoms with van der Waals surface area (Å²) >= 11 is 0. The molecule has 1 heterocycles. The number of rotatable bonds is 5. The van der Waals surface area contributed by atoms with Crippen molar-refractivity contribution >= 4 is 0 Å². The van der Waals surface area contributed by atoms with Crippen molar-refractivity contribution in [3.8, 4) is 11.5 Å². The largest absolute Gasteiger partial charge is 0.469 e. The lowest BCUT2D eigenvalue weighted by molar-refractivity contribution is -0.137. The zero-order valence-corrected chi connectivity index (χ0v) is 12.4. The first-order valence-corrected chi connectivity index (χ1v) is 7.14. The Kier molecular flexibility index (Phi) is 4.50. The first-order chi connectivity index (χ1) is 11.5. The minimum absolute atomic E-state index is 0.237. The third-order valence-corrected chi connectivity index (χ3v) is 3.23. The topological polar surface area (TPSA) is 39.7 Å². The quantitative estimate of drug-likeness (QED) is 0.840. The molecule has 0 aliphatic carbocycles. The molecule has 0 saturated carbocycles. The number of nitrogens with one attached hydrogen (secondary N) is 1. The van der Waals surface area contributed by atoms with Gasteiger partial charge in [0.1, 0.15) is 17.8 Å². The minimum atomic E-state index is -4.39. The van der Waals surface area contributed by atoms with Crippen LogP contribution in [-0.2, 0) is 10.9 Å². The van der Waals surface area contributed by atoms with E-state index >= 15 is 0 Å². The molecule has 0 radical (unpaired) electrons. The van der Waals surface area contributed by atoms with Gasteiger partial charge in [-0.2, -0.15) is 13.2 Å². The van der Waals surface area contributed by atoms with Gasteiger partial charge in [-0.15, -0.1) is 0 Å². The summed E-state index contributed by atoms with van der Waals surface area (Å²) in [5.41, 5.74) is -0.743. The first-order valence-electron chi connectivity index (χ1n) is 7.14. The summed E-state index contributed by atoms with van der Waals surface area (Å²) in [6.45, 7) is 0.